The van der Waals surface area contributed by atoms with Gasteiger partial charge in [0, 0.05) is 44.6 Å². The number of hydrogen-bond acceptors (Lipinski definition) is 4. The second kappa shape index (κ2) is 7.73. The molecular formula is C23H25F3N4O. The first-order valence-electron chi connectivity index (χ1n) is 10.8. The number of carbonyl (C=O) groups excluding carboxylic acids is 1. The van der Waals surface area contributed by atoms with Gasteiger partial charge >= 0.3 is 6.18 Å². The largest absolute Gasteiger partial charge is 0.416 e. The number of carbonyl (C=O) groups is 1. The van der Waals surface area contributed by atoms with Crippen LogP contribution in [0, 0.1) is 5.92 Å². The fourth-order valence-electron chi connectivity index (χ4n) is 5.20. The number of likely N-dealkylation sites (tertiary alicyclic amines) is 1. The van der Waals surface area contributed by atoms with Gasteiger partial charge in [-0.25, -0.2) is 4.98 Å². The molecule has 1 aromatic heterocycles. The number of nitrogens with zero attached hydrogens (tertiary/aromatic N) is 4. The minimum absolute atomic E-state index is 0.0680. The van der Waals surface area contributed by atoms with Gasteiger partial charge in [-0.15, -0.1) is 0 Å². The maximum absolute atomic E-state index is 13.4. The summed E-state index contributed by atoms with van der Waals surface area (Å²) in [6, 6.07) is 9.65. The van der Waals surface area contributed by atoms with Crippen LogP contribution in [0.2, 0.25) is 0 Å². The van der Waals surface area contributed by atoms with Gasteiger partial charge < -0.3 is 14.7 Å². The van der Waals surface area contributed by atoms with Crippen molar-refractivity contribution in [2.45, 2.75) is 31.5 Å². The van der Waals surface area contributed by atoms with Crippen LogP contribution in [0.1, 0.15) is 24.0 Å². The summed E-state index contributed by atoms with van der Waals surface area (Å²) in [6.45, 7) is 3.45. The molecule has 0 spiro atoms. The van der Waals surface area contributed by atoms with Crippen molar-refractivity contribution in [2.75, 3.05) is 42.5 Å². The highest BCUT2D eigenvalue weighted by Gasteiger charge is 2.44. The molecule has 2 saturated heterocycles. The summed E-state index contributed by atoms with van der Waals surface area (Å²) >= 11 is 0. The van der Waals surface area contributed by atoms with Gasteiger partial charge in [0.25, 0.3) is 0 Å². The standard InChI is InChI=1S/C23H25F3N4O/c24-23(25,26)17-6-7-19-16(13-17)14-18(22(31)28-9-3-4-10-28)20-15-29(11-12-30(19)20)21-5-1-2-8-27-21/h1-2,5-8,13,18,20H,3-4,9-12,14-15H2. The molecule has 1 amide bonds. The number of alkyl halides is 3. The number of hydrogen-bond donors (Lipinski definition) is 0. The molecule has 2 aromatic rings. The minimum atomic E-state index is -4.39. The molecular weight excluding hydrogens is 405 g/mol. The SMILES string of the molecule is O=C(C1Cc2cc(C(F)(F)F)ccc2N2CCN(c3ccccn3)CC12)N1CCCC1. The average Bonchev–Trinajstić information content (AvgIpc) is 3.32. The van der Waals surface area contributed by atoms with Crippen molar-refractivity contribution in [2.24, 2.45) is 5.92 Å². The first kappa shape index (κ1) is 20.2. The van der Waals surface area contributed by atoms with Crippen molar-refractivity contribution >= 4 is 17.4 Å². The predicted octanol–water partition coefficient (Wildman–Crippen LogP) is 3.59. The number of rotatable bonds is 2. The van der Waals surface area contributed by atoms with Gasteiger partial charge in [-0.3, -0.25) is 4.79 Å². The maximum atomic E-state index is 13.4. The van der Waals surface area contributed by atoms with E-state index in [0.717, 1.165) is 43.5 Å². The number of benzene rings is 1. The summed E-state index contributed by atoms with van der Waals surface area (Å²) in [5.41, 5.74) is 0.795. The summed E-state index contributed by atoms with van der Waals surface area (Å²) < 4.78 is 40.0. The summed E-state index contributed by atoms with van der Waals surface area (Å²) in [5, 5.41) is 0. The Balaban J connectivity index is 1.50. The van der Waals surface area contributed by atoms with Crippen LogP contribution in [0.4, 0.5) is 24.7 Å². The molecule has 1 aromatic carbocycles. The van der Waals surface area contributed by atoms with Crippen LogP contribution in [0.5, 0.6) is 0 Å². The second-order valence-corrected chi connectivity index (χ2v) is 8.58. The molecule has 8 heteroatoms. The van der Waals surface area contributed by atoms with Gasteiger partial charge in [-0.1, -0.05) is 6.07 Å². The lowest BCUT2D eigenvalue weighted by Gasteiger charge is -2.50. The van der Waals surface area contributed by atoms with E-state index in [1.165, 1.54) is 6.07 Å². The molecule has 3 aliphatic rings. The number of pyridine rings is 1. The lowest BCUT2D eigenvalue weighted by molar-refractivity contribution is -0.137. The van der Waals surface area contributed by atoms with Gasteiger partial charge in [-0.05, 0) is 55.2 Å². The molecule has 164 valence electrons. The third-order valence-corrected chi connectivity index (χ3v) is 6.75. The number of anilines is 2. The summed E-state index contributed by atoms with van der Waals surface area (Å²) in [5.74, 6) is 0.576. The van der Waals surface area contributed by atoms with E-state index in [2.05, 4.69) is 14.8 Å². The van der Waals surface area contributed by atoms with E-state index in [1.54, 1.807) is 12.3 Å². The second-order valence-electron chi connectivity index (χ2n) is 8.58. The van der Waals surface area contributed by atoms with Crippen LogP contribution in [-0.2, 0) is 17.4 Å². The quantitative estimate of drug-likeness (QED) is 0.730. The fraction of sp³-hybridized carbons (Fsp3) is 0.478. The minimum Gasteiger partial charge on any atom is -0.364 e. The number of piperazine rings is 1. The van der Waals surface area contributed by atoms with E-state index < -0.39 is 11.7 Å². The Kier molecular flexibility index (Phi) is 5.02. The third kappa shape index (κ3) is 3.72. The lowest BCUT2D eigenvalue weighted by atomic mass is 9.82. The van der Waals surface area contributed by atoms with E-state index in [9.17, 15) is 18.0 Å². The number of aromatic nitrogens is 1. The van der Waals surface area contributed by atoms with Crippen LogP contribution < -0.4 is 9.80 Å². The zero-order valence-electron chi connectivity index (χ0n) is 17.2. The molecule has 0 bridgehead atoms. The monoisotopic (exact) mass is 430 g/mol. The molecule has 31 heavy (non-hydrogen) atoms. The van der Waals surface area contributed by atoms with Crippen molar-refractivity contribution in [3.8, 4) is 0 Å². The molecule has 4 heterocycles. The Morgan fingerprint density at radius 2 is 1.84 bits per heavy atom. The molecule has 5 rings (SSSR count). The molecule has 2 unspecified atom stereocenters. The molecule has 0 N–H and O–H groups in total. The number of halogens is 3. The Bertz CT molecular complexity index is 959. The first-order valence-corrected chi connectivity index (χ1v) is 10.8. The van der Waals surface area contributed by atoms with Crippen molar-refractivity contribution in [3.05, 3.63) is 53.7 Å². The smallest absolute Gasteiger partial charge is 0.364 e. The van der Waals surface area contributed by atoms with E-state index in [-0.39, 0.29) is 17.9 Å². The summed E-state index contributed by atoms with van der Waals surface area (Å²) in [6.07, 6.45) is -0.323. The summed E-state index contributed by atoms with van der Waals surface area (Å²) in [7, 11) is 0. The highest BCUT2D eigenvalue weighted by atomic mass is 19.4. The average molecular weight is 430 g/mol. The van der Waals surface area contributed by atoms with Gasteiger partial charge in [0.15, 0.2) is 0 Å². The highest BCUT2D eigenvalue weighted by molar-refractivity contribution is 5.82. The van der Waals surface area contributed by atoms with Crippen LogP contribution in [-0.4, -0.2) is 54.6 Å². The highest BCUT2D eigenvalue weighted by Crippen LogP contribution is 2.40. The normalized spacial score (nSPS) is 23.5. The first-order chi connectivity index (χ1) is 14.9. The third-order valence-electron chi connectivity index (χ3n) is 6.75. The van der Waals surface area contributed by atoms with Crippen molar-refractivity contribution < 1.29 is 18.0 Å². The van der Waals surface area contributed by atoms with Crippen molar-refractivity contribution in [3.63, 3.8) is 0 Å². The molecule has 2 atom stereocenters. The van der Waals surface area contributed by atoms with Crippen LogP contribution in [0.3, 0.4) is 0 Å². The molecule has 3 aliphatic heterocycles. The Labute approximate surface area is 179 Å². The summed E-state index contributed by atoms with van der Waals surface area (Å²) in [4.78, 5) is 24.1. The molecule has 2 fully saturated rings. The van der Waals surface area contributed by atoms with Crippen LogP contribution in [0.25, 0.3) is 0 Å². The molecule has 0 radical (unpaired) electrons. The van der Waals surface area contributed by atoms with Gasteiger partial charge in [0.05, 0.1) is 17.5 Å². The molecule has 5 nitrogen and oxygen atoms in total. The molecule has 0 saturated carbocycles. The zero-order chi connectivity index (χ0) is 21.6. The van der Waals surface area contributed by atoms with E-state index in [0.29, 0.717) is 31.6 Å². The molecule has 0 aliphatic carbocycles. The predicted molar refractivity (Wildman–Crippen MR) is 112 cm³/mol. The van der Waals surface area contributed by atoms with E-state index in [1.807, 2.05) is 23.1 Å². The number of amides is 1. The van der Waals surface area contributed by atoms with Gasteiger partial charge in [-0.2, -0.15) is 13.2 Å². The lowest BCUT2D eigenvalue weighted by Crippen LogP contribution is -2.61. The maximum Gasteiger partial charge on any atom is 0.416 e. The van der Waals surface area contributed by atoms with E-state index >= 15 is 0 Å². The van der Waals surface area contributed by atoms with Gasteiger partial charge in [0.2, 0.25) is 5.91 Å². The number of fused-ring (bicyclic) bond motifs is 3. The zero-order valence-corrected chi connectivity index (χ0v) is 17.2. The van der Waals surface area contributed by atoms with Crippen molar-refractivity contribution in [1.82, 2.24) is 9.88 Å². The van der Waals surface area contributed by atoms with Crippen LogP contribution >= 0.6 is 0 Å². The Hall–Kier alpha value is -2.77. The van der Waals surface area contributed by atoms with Crippen LogP contribution in [0.15, 0.2) is 42.6 Å². The Morgan fingerprint density at radius 1 is 1.03 bits per heavy atom. The Morgan fingerprint density at radius 3 is 2.55 bits per heavy atom. The fourth-order valence-corrected chi connectivity index (χ4v) is 5.20. The van der Waals surface area contributed by atoms with Gasteiger partial charge in [0.1, 0.15) is 5.82 Å². The topological polar surface area (TPSA) is 39.7 Å². The van der Waals surface area contributed by atoms with Crippen molar-refractivity contribution in [1.29, 1.82) is 0 Å². The van der Waals surface area contributed by atoms with E-state index in [4.69, 9.17) is 0 Å².